The maximum Gasteiger partial charge on any atom is 0.365 e. The molecule has 0 heterocycles. The summed E-state index contributed by atoms with van der Waals surface area (Å²) in [5, 5.41) is 10.2. The molecule has 10 heavy (non-hydrogen) atoms. The van der Waals surface area contributed by atoms with Gasteiger partial charge in [-0.05, 0) is 12.8 Å². The van der Waals surface area contributed by atoms with E-state index in [2.05, 4.69) is 0 Å². The average molecular weight is 141 g/mol. The zero-order valence-electron chi connectivity index (χ0n) is 5.63. The highest BCUT2D eigenvalue weighted by Gasteiger charge is 2.29. The van der Waals surface area contributed by atoms with Crippen molar-refractivity contribution in [2.75, 3.05) is 0 Å². The standard InChI is InChI=1S/C7H9O3/c8-6-4-2-1-3-5(6)7(9)10/h5H,1-4H2. The molecule has 0 aromatic heterocycles. The van der Waals surface area contributed by atoms with Crippen LogP contribution in [-0.4, -0.2) is 11.8 Å². The van der Waals surface area contributed by atoms with E-state index in [9.17, 15) is 14.7 Å². The first kappa shape index (κ1) is 7.25. The van der Waals surface area contributed by atoms with E-state index in [1.165, 1.54) is 0 Å². The maximum absolute atomic E-state index is 10.8. The summed E-state index contributed by atoms with van der Waals surface area (Å²) in [6.07, 6.45) is 2.56. The first-order valence-electron chi connectivity index (χ1n) is 3.45. The molecule has 1 unspecified atom stereocenters. The molecule has 3 heteroatoms. The van der Waals surface area contributed by atoms with Crippen LogP contribution in [0.1, 0.15) is 25.7 Å². The Morgan fingerprint density at radius 1 is 1.40 bits per heavy atom. The highest BCUT2D eigenvalue weighted by Crippen LogP contribution is 2.20. The first-order chi connectivity index (χ1) is 4.72. The van der Waals surface area contributed by atoms with Crippen LogP contribution < -0.4 is 0 Å². The SMILES string of the molecule is [O]C(=O)C1CCCCC1=O. The predicted molar refractivity (Wildman–Crippen MR) is 32.7 cm³/mol. The molecule has 0 saturated heterocycles. The Morgan fingerprint density at radius 3 is 2.50 bits per heavy atom. The van der Waals surface area contributed by atoms with Gasteiger partial charge in [-0.1, -0.05) is 6.42 Å². The second-order valence-electron chi connectivity index (χ2n) is 2.58. The third-order valence-electron chi connectivity index (χ3n) is 1.84. The van der Waals surface area contributed by atoms with Gasteiger partial charge in [-0.25, -0.2) is 9.90 Å². The Morgan fingerprint density at radius 2 is 2.10 bits per heavy atom. The molecule has 0 aliphatic heterocycles. The van der Waals surface area contributed by atoms with Crippen LogP contribution in [0.5, 0.6) is 0 Å². The molecule has 1 rings (SSSR count). The number of rotatable bonds is 1. The summed E-state index contributed by atoms with van der Waals surface area (Å²) in [6.45, 7) is 0. The molecule has 3 nitrogen and oxygen atoms in total. The number of carbonyl (C=O) groups excluding carboxylic acids is 2. The Kier molecular flexibility index (Phi) is 2.04. The van der Waals surface area contributed by atoms with E-state index in [0.717, 1.165) is 12.8 Å². The Labute approximate surface area is 59.0 Å². The van der Waals surface area contributed by atoms with Crippen molar-refractivity contribution in [3.05, 3.63) is 0 Å². The summed E-state index contributed by atoms with van der Waals surface area (Å²) in [5.74, 6) is -2.18. The molecule has 1 saturated carbocycles. The summed E-state index contributed by atoms with van der Waals surface area (Å²) in [4.78, 5) is 21.0. The number of Topliss-reactive ketones (excluding diaryl/α,β-unsaturated/α-hetero) is 1. The molecule has 1 aliphatic rings. The van der Waals surface area contributed by atoms with E-state index in [1.54, 1.807) is 0 Å². The zero-order chi connectivity index (χ0) is 7.56. The summed E-state index contributed by atoms with van der Waals surface area (Å²) in [6, 6.07) is 0. The maximum atomic E-state index is 10.8. The van der Waals surface area contributed by atoms with Gasteiger partial charge in [0.25, 0.3) is 0 Å². The molecule has 1 atom stereocenters. The molecule has 0 N–H and O–H groups in total. The normalized spacial score (nSPS) is 26.4. The van der Waals surface area contributed by atoms with Crippen LogP contribution in [0.3, 0.4) is 0 Å². The molecule has 1 radical (unpaired) electrons. The van der Waals surface area contributed by atoms with Crippen LogP contribution in [-0.2, 0) is 14.7 Å². The second-order valence-corrected chi connectivity index (χ2v) is 2.58. The highest BCUT2D eigenvalue weighted by molar-refractivity contribution is 5.98. The van der Waals surface area contributed by atoms with E-state index in [4.69, 9.17) is 0 Å². The lowest BCUT2D eigenvalue weighted by Gasteiger charge is -2.14. The van der Waals surface area contributed by atoms with Crippen molar-refractivity contribution in [1.82, 2.24) is 0 Å². The molecule has 0 spiro atoms. The quantitative estimate of drug-likeness (QED) is 0.505. The van der Waals surface area contributed by atoms with Gasteiger partial charge < -0.3 is 0 Å². The van der Waals surface area contributed by atoms with Gasteiger partial charge in [0.15, 0.2) is 0 Å². The molecule has 1 fully saturated rings. The first-order valence-corrected chi connectivity index (χ1v) is 3.45. The minimum atomic E-state index is -1.20. The molecule has 1 aliphatic carbocycles. The molecule has 0 aromatic carbocycles. The van der Waals surface area contributed by atoms with E-state index in [1.807, 2.05) is 0 Å². The highest BCUT2D eigenvalue weighted by atomic mass is 16.4. The van der Waals surface area contributed by atoms with Crippen LogP contribution in [0.15, 0.2) is 0 Å². The lowest BCUT2D eigenvalue weighted by Crippen LogP contribution is -2.25. The monoisotopic (exact) mass is 141 g/mol. The van der Waals surface area contributed by atoms with Gasteiger partial charge in [0.1, 0.15) is 11.7 Å². The molecule has 0 amide bonds. The number of ketones is 1. The van der Waals surface area contributed by atoms with E-state index < -0.39 is 11.9 Å². The smallest absolute Gasteiger partial charge is 0.299 e. The van der Waals surface area contributed by atoms with Crippen molar-refractivity contribution in [1.29, 1.82) is 0 Å². The van der Waals surface area contributed by atoms with E-state index >= 15 is 0 Å². The fraction of sp³-hybridized carbons (Fsp3) is 0.714. The Hall–Kier alpha value is -0.860. The number of hydrogen-bond donors (Lipinski definition) is 0. The Bertz CT molecular complexity index is 162. The van der Waals surface area contributed by atoms with E-state index in [0.29, 0.717) is 12.8 Å². The molecular weight excluding hydrogens is 132 g/mol. The van der Waals surface area contributed by atoms with Crippen molar-refractivity contribution >= 4 is 11.8 Å². The fourth-order valence-corrected chi connectivity index (χ4v) is 1.23. The minimum Gasteiger partial charge on any atom is -0.299 e. The van der Waals surface area contributed by atoms with Crippen molar-refractivity contribution in [3.8, 4) is 0 Å². The van der Waals surface area contributed by atoms with E-state index in [-0.39, 0.29) is 5.78 Å². The molecule has 55 valence electrons. The van der Waals surface area contributed by atoms with Gasteiger partial charge in [0.2, 0.25) is 0 Å². The average Bonchev–Trinajstić information content (AvgIpc) is 1.88. The van der Waals surface area contributed by atoms with Gasteiger partial charge in [-0.15, -0.1) is 0 Å². The number of hydrogen-bond acceptors (Lipinski definition) is 2. The van der Waals surface area contributed by atoms with Gasteiger partial charge in [-0.3, -0.25) is 4.79 Å². The fourth-order valence-electron chi connectivity index (χ4n) is 1.23. The number of carbonyl (C=O) groups is 2. The summed E-state index contributed by atoms with van der Waals surface area (Å²) in [5.41, 5.74) is 0. The van der Waals surface area contributed by atoms with Crippen molar-refractivity contribution in [2.24, 2.45) is 5.92 Å². The van der Waals surface area contributed by atoms with Gasteiger partial charge >= 0.3 is 5.97 Å². The minimum absolute atomic E-state index is 0.161. The summed E-state index contributed by atoms with van der Waals surface area (Å²) >= 11 is 0. The lowest BCUT2D eigenvalue weighted by atomic mass is 9.88. The van der Waals surface area contributed by atoms with Crippen LogP contribution >= 0.6 is 0 Å². The van der Waals surface area contributed by atoms with Gasteiger partial charge in [-0.2, -0.15) is 0 Å². The topological polar surface area (TPSA) is 54.0 Å². The van der Waals surface area contributed by atoms with Crippen LogP contribution in [0.4, 0.5) is 0 Å². The van der Waals surface area contributed by atoms with Crippen molar-refractivity contribution in [2.45, 2.75) is 25.7 Å². The van der Waals surface area contributed by atoms with Gasteiger partial charge in [0, 0.05) is 6.42 Å². The third kappa shape index (κ3) is 1.35. The second kappa shape index (κ2) is 2.82. The van der Waals surface area contributed by atoms with Crippen LogP contribution in [0, 0.1) is 5.92 Å². The largest absolute Gasteiger partial charge is 0.365 e. The third-order valence-corrected chi connectivity index (χ3v) is 1.84. The lowest BCUT2D eigenvalue weighted by molar-refractivity contribution is -0.152. The van der Waals surface area contributed by atoms with Gasteiger partial charge in [0.05, 0.1) is 0 Å². The predicted octanol–water partition coefficient (Wildman–Crippen LogP) is 0.703. The molecule has 0 bridgehead atoms. The van der Waals surface area contributed by atoms with Crippen LogP contribution in [0.25, 0.3) is 0 Å². The zero-order valence-corrected chi connectivity index (χ0v) is 5.63. The Balaban J connectivity index is 2.56. The van der Waals surface area contributed by atoms with Crippen LogP contribution in [0.2, 0.25) is 0 Å². The van der Waals surface area contributed by atoms with Crippen molar-refractivity contribution in [3.63, 3.8) is 0 Å². The van der Waals surface area contributed by atoms with Crippen molar-refractivity contribution < 1.29 is 14.7 Å². The molecular formula is C7H9O3. The molecule has 0 aromatic rings. The summed E-state index contributed by atoms with van der Waals surface area (Å²) < 4.78 is 0. The summed E-state index contributed by atoms with van der Waals surface area (Å²) in [7, 11) is 0.